The predicted molar refractivity (Wildman–Crippen MR) is 56.0 cm³/mol. The van der Waals surface area contributed by atoms with Crippen LogP contribution in [0.25, 0.3) is 0 Å². The van der Waals surface area contributed by atoms with Crippen molar-refractivity contribution in [1.82, 2.24) is 0 Å². The number of aliphatic hydroxyl groups is 1. The maximum atomic E-state index is 9.02. The van der Waals surface area contributed by atoms with Gasteiger partial charge in [-0.05, 0) is 5.92 Å². The average molecular weight is 179 g/mol. The minimum atomic E-state index is 0.0439. The Morgan fingerprint density at radius 1 is 1.38 bits per heavy atom. The zero-order valence-electron chi connectivity index (χ0n) is 8.22. The minimum Gasteiger partial charge on any atom is -0.394 e. The molecule has 0 fully saturated rings. The lowest BCUT2D eigenvalue weighted by molar-refractivity contribution is 0.240. The fourth-order valence-electron chi connectivity index (χ4n) is 1.19. The molecule has 0 bridgehead atoms. The van der Waals surface area contributed by atoms with Crippen molar-refractivity contribution in [2.45, 2.75) is 19.9 Å². The maximum Gasteiger partial charge on any atom is 0.0749 e. The summed E-state index contributed by atoms with van der Waals surface area (Å²) in [6, 6.07) is 0.0439. The van der Waals surface area contributed by atoms with Gasteiger partial charge in [0.05, 0.1) is 12.6 Å². The van der Waals surface area contributed by atoms with Crippen LogP contribution in [-0.4, -0.2) is 24.0 Å². The molecular formula is C11H17NO. The van der Waals surface area contributed by atoms with Crippen molar-refractivity contribution in [3.63, 3.8) is 0 Å². The third-order valence-electron chi connectivity index (χ3n) is 2.18. The highest BCUT2D eigenvalue weighted by atomic mass is 16.3. The number of aliphatic imine (C=N–C) groups is 1. The van der Waals surface area contributed by atoms with E-state index in [1.54, 1.807) is 0 Å². The monoisotopic (exact) mass is 179 g/mol. The fraction of sp³-hybridized carbons (Fsp3) is 0.545. The normalized spacial score (nSPS) is 19.4. The smallest absolute Gasteiger partial charge is 0.0749 e. The van der Waals surface area contributed by atoms with Crippen molar-refractivity contribution in [2.75, 3.05) is 6.61 Å². The highest BCUT2D eigenvalue weighted by Gasteiger charge is 2.09. The maximum absolute atomic E-state index is 9.02. The van der Waals surface area contributed by atoms with Crippen LogP contribution in [-0.2, 0) is 0 Å². The van der Waals surface area contributed by atoms with Crippen LogP contribution in [0.15, 0.2) is 29.3 Å². The fourth-order valence-corrected chi connectivity index (χ4v) is 1.19. The van der Waals surface area contributed by atoms with Gasteiger partial charge in [-0.3, -0.25) is 4.99 Å². The number of aliphatic hydroxyl groups excluding tert-OH is 1. The van der Waals surface area contributed by atoms with E-state index in [2.05, 4.69) is 31.0 Å². The van der Waals surface area contributed by atoms with E-state index >= 15 is 0 Å². The topological polar surface area (TPSA) is 32.6 Å². The van der Waals surface area contributed by atoms with Gasteiger partial charge in [-0.25, -0.2) is 0 Å². The summed E-state index contributed by atoms with van der Waals surface area (Å²) in [6.07, 6.45) is 10.1. The Morgan fingerprint density at radius 2 is 2.00 bits per heavy atom. The molecule has 0 unspecified atom stereocenters. The molecule has 0 aliphatic heterocycles. The van der Waals surface area contributed by atoms with Crippen LogP contribution < -0.4 is 0 Å². The summed E-state index contributed by atoms with van der Waals surface area (Å²) >= 11 is 0. The first-order chi connectivity index (χ1) is 6.24. The lowest BCUT2D eigenvalue weighted by Gasteiger charge is -2.12. The first kappa shape index (κ1) is 10.2. The third kappa shape index (κ3) is 3.15. The molecule has 0 aromatic heterocycles. The Labute approximate surface area is 79.7 Å². The van der Waals surface area contributed by atoms with Crippen LogP contribution >= 0.6 is 0 Å². The van der Waals surface area contributed by atoms with Crippen LogP contribution in [0.2, 0.25) is 0 Å². The molecule has 0 aromatic carbocycles. The van der Waals surface area contributed by atoms with Crippen molar-refractivity contribution >= 4 is 6.21 Å². The van der Waals surface area contributed by atoms with Gasteiger partial charge < -0.3 is 5.11 Å². The first-order valence-electron chi connectivity index (χ1n) is 4.73. The molecule has 13 heavy (non-hydrogen) atoms. The summed E-state index contributed by atoms with van der Waals surface area (Å²) in [5.74, 6) is 0.725. The molecule has 0 saturated carbocycles. The van der Waals surface area contributed by atoms with E-state index in [4.69, 9.17) is 5.11 Å². The predicted octanol–water partition coefficient (Wildman–Crippen LogP) is 1.82. The molecule has 1 atom stereocenters. The van der Waals surface area contributed by atoms with Gasteiger partial charge in [0.2, 0.25) is 0 Å². The zero-order valence-corrected chi connectivity index (χ0v) is 8.22. The van der Waals surface area contributed by atoms with Crippen LogP contribution in [0.1, 0.15) is 13.8 Å². The van der Waals surface area contributed by atoms with Gasteiger partial charge in [0.1, 0.15) is 0 Å². The minimum absolute atomic E-state index is 0.0439. The highest BCUT2D eigenvalue weighted by molar-refractivity contribution is 5.67. The van der Waals surface area contributed by atoms with Gasteiger partial charge in [0.15, 0.2) is 0 Å². The summed E-state index contributed by atoms with van der Waals surface area (Å²) in [5, 5.41) is 9.02. The third-order valence-corrected chi connectivity index (χ3v) is 2.18. The van der Waals surface area contributed by atoms with Crippen molar-refractivity contribution in [3.05, 3.63) is 24.3 Å². The van der Waals surface area contributed by atoms with E-state index in [1.165, 1.54) is 0 Å². The molecule has 1 aliphatic carbocycles. The Balaban J connectivity index is 2.44. The molecule has 1 aliphatic rings. The molecular weight excluding hydrogens is 162 g/mol. The molecule has 1 rings (SSSR count). The lowest BCUT2D eigenvalue weighted by Crippen LogP contribution is -2.18. The average Bonchev–Trinajstić information content (AvgIpc) is 2.57. The summed E-state index contributed by atoms with van der Waals surface area (Å²) in [4.78, 5) is 4.35. The van der Waals surface area contributed by atoms with Gasteiger partial charge >= 0.3 is 0 Å². The summed E-state index contributed by atoms with van der Waals surface area (Å²) < 4.78 is 0. The largest absolute Gasteiger partial charge is 0.394 e. The number of allylic oxidation sites excluding steroid dienone is 4. The quantitative estimate of drug-likeness (QED) is 0.656. The molecule has 72 valence electrons. The molecule has 0 aromatic rings. The van der Waals surface area contributed by atoms with Crippen molar-refractivity contribution in [1.29, 1.82) is 0 Å². The number of nitrogens with zero attached hydrogens (tertiary/aromatic N) is 1. The Morgan fingerprint density at radius 3 is 2.46 bits per heavy atom. The van der Waals surface area contributed by atoms with Crippen LogP contribution in [0.4, 0.5) is 0 Å². The second-order valence-electron chi connectivity index (χ2n) is 3.64. The van der Waals surface area contributed by atoms with E-state index in [0.717, 1.165) is 0 Å². The SMILES string of the molecule is CC(C)[C@@H](CO)N=CC1C=CC=C1. The van der Waals surface area contributed by atoms with Gasteiger partial charge in [0.25, 0.3) is 0 Å². The molecule has 2 nitrogen and oxygen atoms in total. The van der Waals surface area contributed by atoms with E-state index in [0.29, 0.717) is 11.8 Å². The number of rotatable bonds is 4. The lowest BCUT2D eigenvalue weighted by atomic mass is 10.1. The van der Waals surface area contributed by atoms with Crippen LogP contribution in [0.5, 0.6) is 0 Å². The van der Waals surface area contributed by atoms with E-state index in [-0.39, 0.29) is 12.6 Å². The van der Waals surface area contributed by atoms with E-state index < -0.39 is 0 Å². The zero-order chi connectivity index (χ0) is 9.68. The van der Waals surface area contributed by atoms with Gasteiger partial charge in [-0.1, -0.05) is 38.2 Å². The summed E-state index contributed by atoms with van der Waals surface area (Å²) in [5.41, 5.74) is 0. The molecule has 0 radical (unpaired) electrons. The second-order valence-corrected chi connectivity index (χ2v) is 3.64. The highest BCUT2D eigenvalue weighted by Crippen LogP contribution is 2.09. The van der Waals surface area contributed by atoms with Gasteiger partial charge in [0, 0.05) is 12.1 Å². The standard InChI is InChI=1S/C11H17NO/c1-9(2)11(8-13)12-7-10-5-3-4-6-10/h3-7,9-11,13H,8H2,1-2H3/t11-/m1/s1. The molecule has 0 spiro atoms. The molecule has 1 N–H and O–H groups in total. The number of hydrogen-bond donors (Lipinski definition) is 1. The van der Waals surface area contributed by atoms with Crippen molar-refractivity contribution in [3.8, 4) is 0 Å². The molecule has 0 amide bonds. The second kappa shape index (κ2) is 4.97. The van der Waals surface area contributed by atoms with Gasteiger partial charge in [-0.2, -0.15) is 0 Å². The van der Waals surface area contributed by atoms with E-state index in [9.17, 15) is 0 Å². The molecule has 2 heteroatoms. The Hall–Kier alpha value is -0.890. The van der Waals surface area contributed by atoms with Crippen molar-refractivity contribution < 1.29 is 5.11 Å². The Bertz CT molecular complexity index is 216. The van der Waals surface area contributed by atoms with Crippen molar-refractivity contribution in [2.24, 2.45) is 16.8 Å². The van der Waals surface area contributed by atoms with Crippen LogP contribution in [0, 0.1) is 11.8 Å². The van der Waals surface area contributed by atoms with Gasteiger partial charge in [-0.15, -0.1) is 0 Å². The number of hydrogen-bond acceptors (Lipinski definition) is 2. The summed E-state index contributed by atoms with van der Waals surface area (Å²) in [6.45, 7) is 4.27. The first-order valence-corrected chi connectivity index (χ1v) is 4.73. The molecule has 0 heterocycles. The molecule has 0 saturated heterocycles. The Kier molecular flexibility index (Phi) is 3.90. The van der Waals surface area contributed by atoms with E-state index in [1.807, 2.05) is 18.4 Å². The van der Waals surface area contributed by atoms with Crippen LogP contribution in [0.3, 0.4) is 0 Å². The summed E-state index contributed by atoms with van der Waals surface area (Å²) in [7, 11) is 0.